The predicted octanol–water partition coefficient (Wildman–Crippen LogP) is 16.4. The summed E-state index contributed by atoms with van der Waals surface area (Å²) in [6.07, 6.45) is 0. The highest BCUT2D eigenvalue weighted by molar-refractivity contribution is 7.00. The highest BCUT2D eigenvalue weighted by Gasteiger charge is 2.44. The third-order valence-electron chi connectivity index (χ3n) is 15.1. The molecule has 0 amide bonds. The molecule has 0 aliphatic carbocycles. The Morgan fingerprint density at radius 3 is 1.61 bits per heavy atom. The molecular weight excluding hydrogens is 900 g/mol. The van der Waals surface area contributed by atoms with E-state index in [0.717, 1.165) is 84.8 Å². The maximum absolute atomic E-state index is 7.53. The number of nitrogens with zero attached hydrogens (tertiary/aromatic N) is 4. The second-order valence-electron chi connectivity index (χ2n) is 19.3. The van der Waals surface area contributed by atoms with E-state index in [0.29, 0.717) is 0 Å². The van der Waals surface area contributed by atoms with Crippen LogP contribution in [0.1, 0.15) is 0 Å². The summed E-state index contributed by atoms with van der Waals surface area (Å²) in [6.45, 7) is -0.135. The van der Waals surface area contributed by atoms with E-state index < -0.39 is 0 Å². The topological polar surface area (TPSA) is 23.9 Å². The number of anilines is 9. The number of benzene rings is 12. The van der Waals surface area contributed by atoms with Crippen molar-refractivity contribution in [2.45, 2.75) is 0 Å². The molecule has 0 bridgehead atoms. The lowest BCUT2D eigenvalue weighted by molar-refractivity contribution is 0.488. The second kappa shape index (κ2) is 16.9. The third kappa shape index (κ3) is 6.65. The Bertz CT molecular complexity index is 4310. The first-order valence-corrected chi connectivity index (χ1v) is 25.4. The van der Waals surface area contributed by atoms with E-state index in [1.807, 2.05) is 0 Å². The highest BCUT2D eigenvalue weighted by Crippen LogP contribution is 2.48. The Hall–Kier alpha value is -9.78. The Balaban J connectivity index is 0.964. The van der Waals surface area contributed by atoms with E-state index in [4.69, 9.17) is 4.74 Å². The summed E-state index contributed by atoms with van der Waals surface area (Å²) in [5.74, 6) is 1.66. The molecule has 5 nitrogen and oxygen atoms in total. The van der Waals surface area contributed by atoms with E-state index in [9.17, 15) is 0 Å². The second-order valence-corrected chi connectivity index (χ2v) is 19.3. The van der Waals surface area contributed by atoms with Crippen molar-refractivity contribution in [2.24, 2.45) is 0 Å². The molecule has 0 saturated heterocycles. The smallest absolute Gasteiger partial charge is 0.257 e. The van der Waals surface area contributed by atoms with Crippen LogP contribution in [-0.2, 0) is 0 Å². The van der Waals surface area contributed by atoms with Crippen LogP contribution in [0.5, 0.6) is 11.5 Å². The highest BCUT2D eigenvalue weighted by atomic mass is 16.5. The van der Waals surface area contributed by atoms with Gasteiger partial charge in [-0.2, -0.15) is 0 Å². The minimum Gasteiger partial charge on any atom is -0.458 e. The van der Waals surface area contributed by atoms with E-state index in [2.05, 4.69) is 292 Å². The van der Waals surface area contributed by atoms with Gasteiger partial charge < -0.3 is 24.0 Å². The van der Waals surface area contributed by atoms with Gasteiger partial charge in [0.15, 0.2) is 0 Å². The zero-order valence-electron chi connectivity index (χ0n) is 40.3. The lowest BCUT2D eigenvalue weighted by atomic mass is 9.33. The summed E-state index contributed by atoms with van der Waals surface area (Å²) in [7, 11) is 0. The van der Waals surface area contributed by atoms with Crippen molar-refractivity contribution < 1.29 is 4.74 Å². The number of hydrogen-bond acceptors (Lipinski definition) is 4. The van der Waals surface area contributed by atoms with Gasteiger partial charge in [-0.05, 0) is 141 Å². The van der Waals surface area contributed by atoms with Crippen LogP contribution in [0.2, 0.25) is 0 Å². The van der Waals surface area contributed by atoms with Gasteiger partial charge >= 0.3 is 0 Å². The maximum Gasteiger partial charge on any atom is 0.257 e. The molecule has 1 aromatic heterocycles. The number of ether oxygens (including phenoxy) is 1. The minimum absolute atomic E-state index is 0.135. The summed E-state index contributed by atoms with van der Waals surface area (Å²) in [5, 5.41) is 7.21. The van der Waals surface area contributed by atoms with Crippen LogP contribution in [0.15, 0.2) is 273 Å². The quantitative estimate of drug-likeness (QED) is 0.142. The van der Waals surface area contributed by atoms with Crippen molar-refractivity contribution in [3.8, 4) is 17.2 Å². The van der Waals surface area contributed by atoms with Crippen molar-refractivity contribution in [1.29, 1.82) is 0 Å². The van der Waals surface area contributed by atoms with Gasteiger partial charge in [-0.1, -0.05) is 158 Å². The van der Waals surface area contributed by atoms with Gasteiger partial charge in [-0.15, -0.1) is 0 Å². The van der Waals surface area contributed by atoms with Crippen LogP contribution in [0.3, 0.4) is 0 Å². The van der Waals surface area contributed by atoms with Crippen molar-refractivity contribution in [2.75, 3.05) is 14.7 Å². The first-order valence-electron chi connectivity index (χ1n) is 25.4. The molecule has 12 aromatic carbocycles. The molecule has 0 spiro atoms. The fourth-order valence-corrected chi connectivity index (χ4v) is 11.9. The minimum atomic E-state index is -0.135. The van der Waals surface area contributed by atoms with Gasteiger partial charge in [0, 0.05) is 74.1 Å². The lowest BCUT2D eigenvalue weighted by Crippen LogP contribution is -2.59. The van der Waals surface area contributed by atoms with Crippen molar-refractivity contribution in [1.82, 2.24) is 4.57 Å². The first kappa shape index (κ1) is 42.0. The fraction of sp³-hybridized carbons (Fsp3) is 0. The Labute approximate surface area is 429 Å². The average molecular weight is 945 g/mol. The van der Waals surface area contributed by atoms with Crippen LogP contribution in [-0.4, -0.2) is 11.3 Å². The normalized spacial score (nSPS) is 12.4. The molecule has 15 rings (SSSR count). The summed E-state index contributed by atoms with van der Waals surface area (Å²) in [6, 6.07) is 98.8. The van der Waals surface area contributed by atoms with Gasteiger partial charge in [-0.25, -0.2) is 0 Å². The van der Waals surface area contributed by atoms with Crippen molar-refractivity contribution in [3.05, 3.63) is 273 Å². The van der Waals surface area contributed by atoms with Gasteiger partial charge in [-0.3, -0.25) is 0 Å². The van der Waals surface area contributed by atoms with E-state index in [-0.39, 0.29) is 6.71 Å². The van der Waals surface area contributed by atoms with Gasteiger partial charge in [0.25, 0.3) is 6.71 Å². The molecule has 0 radical (unpaired) electrons. The van der Waals surface area contributed by atoms with Crippen LogP contribution in [0.4, 0.5) is 51.2 Å². The molecule has 3 heterocycles. The standard InChI is InChI=1S/C68H45BN4O/c1-5-22-49(23-6-1)70(54-37-40-62-59(42-54)58-31-17-18-32-61(58)72(62)51-26-9-3-10-27-51)55-36-38-60-65(44-55)74-66-45-56(71(50-24-7-2-8-25-50)53-35-33-46-19-13-14-21-48(46)41-53)43-64-68(66)69(60)67-57-30-16-15-20-47(57)34-39-63(67)73(64)52-28-11-4-12-29-52/h1-45H. The van der Waals surface area contributed by atoms with E-state index >= 15 is 0 Å². The Morgan fingerprint density at radius 2 is 0.851 bits per heavy atom. The van der Waals surface area contributed by atoms with Gasteiger partial charge in [0.2, 0.25) is 0 Å². The summed E-state index contributed by atoms with van der Waals surface area (Å²) in [5.41, 5.74) is 16.6. The zero-order valence-corrected chi connectivity index (χ0v) is 40.3. The third-order valence-corrected chi connectivity index (χ3v) is 15.1. The summed E-state index contributed by atoms with van der Waals surface area (Å²) >= 11 is 0. The molecular formula is C68H45BN4O. The molecule has 2 aliphatic rings. The summed E-state index contributed by atoms with van der Waals surface area (Å²) in [4.78, 5) is 7.19. The monoisotopic (exact) mass is 944 g/mol. The molecule has 13 aromatic rings. The maximum atomic E-state index is 7.53. The van der Waals surface area contributed by atoms with Crippen LogP contribution in [0.25, 0.3) is 49.0 Å². The molecule has 74 heavy (non-hydrogen) atoms. The number of para-hydroxylation sites is 5. The van der Waals surface area contributed by atoms with E-state index in [1.54, 1.807) is 0 Å². The zero-order chi connectivity index (χ0) is 48.7. The number of fused-ring (bicyclic) bond motifs is 10. The molecule has 0 unspecified atom stereocenters. The molecule has 0 atom stereocenters. The largest absolute Gasteiger partial charge is 0.458 e. The molecule has 0 fully saturated rings. The van der Waals surface area contributed by atoms with Crippen molar-refractivity contribution >= 4 is 118 Å². The Morgan fingerprint density at radius 1 is 0.311 bits per heavy atom. The molecule has 0 N–H and O–H groups in total. The SMILES string of the molecule is c1ccc(N(c2cc3c4c(c2)N(c2ccccc2)c2ccc5ccccc5c2B4c2ccc(N(c4ccccc4)c4ccc5c(c4)c4ccccc4n5-c4ccccc4)cc2O3)c2ccc3ccccc3c2)cc1. The summed E-state index contributed by atoms with van der Waals surface area (Å²) < 4.78 is 9.90. The predicted molar refractivity (Wildman–Crippen MR) is 311 cm³/mol. The molecule has 0 saturated carbocycles. The Kier molecular flexibility index (Phi) is 9.60. The van der Waals surface area contributed by atoms with E-state index in [1.165, 1.54) is 43.3 Å². The first-order chi connectivity index (χ1) is 36.7. The molecule has 2 aliphatic heterocycles. The number of hydrogen-bond donors (Lipinski definition) is 0. The molecule has 6 heteroatoms. The van der Waals surface area contributed by atoms with Crippen LogP contribution >= 0.6 is 0 Å². The van der Waals surface area contributed by atoms with Gasteiger partial charge in [0.05, 0.1) is 16.7 Å². The van der Waals surface area contributed by atoms with Crippen LogP contribution < -0.4 is 35.8 Å². The molecule has 346 valence electrons. The number of rotatable bonds is 8. The van der Waals surface area contributed by atoms with Crippen LogP contribution in [0, 0.1) is 0 Å². The average Bonchev–Trinajstić information content (AvgIpc) is 3.80. The lowest BCUT2D eigenvalue weighted by Gasteiger charge is -2.41. The van der Waals surface area contributed by atoms with Crippen molar-refractivity contribution in [3.63, 3.8) is 0 Å². The number of aromatic nitrogens is 1. The van der Waals surface area contributed by atoms with Gasteiger partial charge in [0.1, 0.15) is 11.5 Å². The fourth-order valence-electron chi connectivity index (χ4n) is 11.9.